The highest BCUT2D eigenvalue weighted by atomic mass is 16.3. The van der Waals surface area contributed by atoms with E-state index in [1.165, 1.54) is 11.6 Å². The van der Waals surface area contributed by atoms with Crippen molar-refractivity contribution in [3.05, 3.63) is 65.6 Å². The molecule has 0 spiro atoms. The van der Waals surface area contributed by atoms with Crippen LogP contribution < -0.4 is 5.32 Å². The summed E-state index contributed by atoms with van der Waals surface area (Å²) in [4.78, 5) is 11.8. The Morgan fingerprint density at radius 2 is 2.21 bits per heavy atom. The molecule has 0 saturated heterocycles. The van der Waals surface area contributed by atoms with Crippen LogP contribution in [0.15, 0.2) is 53.4 Å². The molecule has 3 heteroatoms. The van der Waals surface area contributed by atoms with Crippen molar-refractivity contribution in [1.82, 2.24) is 5.32 Å². The van der Waals surface area contributed by atoms with Crippen molar-refractivity contribution in [3.63, 3.8) is 0 Å². The average Bonchev–Trinajstić information content (AvgIpc) is 2.89. The van der Waals surface area contributed by atoms with Crippen LogP contribution in [0.4, 0.5) is 0 Å². The molecule has 1 aromatic carbocycles. The summed E-state index contributed by atoms with van der Waals surface area (Å²) in [5.74, 6) is -0.116. The van der Waals surface area contributed by atoms with E-state index in [0.29, 0.717) is 0 Å². The molecule has 0 aliphatic heterocycles. The lowest BCUT2D eigenvalue weighted by Crippen LogP contribution is -2.24. The molecule has 0 aliphatic carbocycles. The van der Waals surface area contributed by atoms with E-state index < -0.39 is 0 Å². The van der Waals surface area contributed by atoms with Crippen LogP contribution in [0.25, 0.3) is 6.08 Å². The minimum Gasteiger partial charge on any atom is -0.472 e. The zero-order chi connectivity index (χ0) is 13.7. The van der Waals surface area contributed by atoms with E-state index in [1.54, 1.807) is 24.7 Å². The van der Waals surface area contributed by atoms with Gasteiger partial charge in [0.05, 0.1) is 18.6 Å². The van der Waals surface area contributed by atoms with Gasteiger partial charge in [-0.05, 0) is 31.6 Å². The van der Waals surface area contributed by atoms with Crippen molar-refractivity contribution in [2.45, 2.75) is 19.9 Å². The fourth-order valence-corrected chi connectivity index (χ4v) is 1.83. The zero-order valence-electron chi connectivity index (χ0n) is 11.1. The van der Waals surface area contributed by atoms with Crippen LogP contribution >= 0.6 is 0 Å². The van der Waals surface area contributed by atoms with Gasteiger partial charge in [0.1, 0.15) is 0 Å². The summed E-state index contributed by atoms with van der Waals surface area (Å²) in [7, 11) is 0. The maximum atomic E-state index is 11.8. The first kappa shape index (κ1) is 13.1. The minimum atomic E-state index is -0.116. The highest BCUT2D eigenvalue weighted by molar-refractivity contribution is 5.91. The van der Waals surface area contributed by atoms with Gasteiger partial charge in [0, 0.05) is 11.6 Å². The summed E-state index contributed by atoms with van der Waals surface area (Å²) < 4.78 is 4.93. The Labute approximate surface area is 112 Å². The van der Waals surface area contributed by atoms with Crippen LogP contribution in [-0.4, -0.2) is 5.91 Å². The van der Waals surface area contributed by atoms with Gasteiger partial charge >= 0.3 is 0 Å². The van der Waals surface area contributed by atoms with E-state index in [-0.39, 0.29) is 11.9 Å². The third kappa shape index (κ3) is 3.85. The first-order valence-electron chi connectivity index (χ1n) is 6.22. The summed E-state index contributed by atoms with van der Waals surface area (Å²) >= 11 is 0. The Bertz CT molecular complexity index is 570. The largest absolute Gasteiger partial charge is 0.472 e. The van der Waals surface area contributed by atoms with E-state index in [1.807, 2.05) is 32.0 Å². The van der Waals surface area contributed by atoms with Gasteiger partial charge in [-0.25, -0.2) is 0 Å². The van der Waals surface area contributed by atoms with Gasteiger partial charge in [0.25, 0.3) is 0 Å². The number of hydrogen-bond acceptors (Lipinski definition) is 2. The highest BCUT2D eigenvalue weighted by Crippen LogP contribution is 2.13. The van der Waals surface area contributed by atoms with E-state index in [4.69, 9.17) is 4.42 Å². The molecule has 2 aromatic rings. The van der Waals surface area contributed by atoms with Crippen LogP contribution in [0.1, 0.15) is 29.7 Å². The summed E-state index contributed by atoms with van der Waals surface area (Å²) in [6, 6.07) is 9.91. The number of nitrogens with one attached hydrogen (secondary N) is 1. The average molecular weight is 255 g/mol. The van der Waals surface area contributed by atoms with Crippen LogP contribution in [0, 0.1) is 6.92 Å². The second-order valence-corrected chi connectivity index (χ2v) is 4.53. The Balaban J connectivity index is 1.95. The molecule has 19 heavy (non-hydrogen) atoms. The lowest BCUT2D eigenvalue weighted by Gasteiger charge is -2.13. The lowest BCUT2D eigenvalue weighted by atomic mass is 10.1. The first-order valence-corrected chi connectivity index (χ1v) is 6.22. The molecule has 1 amide bonds. The molecule has 1 atom stereocenters. The first-order chi connectivity index (χ1) is 9.15. The number of carbonyl (C=O) groups excluding carboxylic acids is 1. The monoisotopic (exact) mass is 255 g/mol. The van der Waals surface area contributed by atoms with Crippen LogP contribution in [0.5, 0.6) is 0 Å². The van der Waals surface area contributed by atoms with Gasteiger partial charge in [0.15, 0.2) is 0 Å². The zero-order valence-corrected chi connectivity index (χ0v) is 11.1. The van der Waals surface area contributed by atoms with E-state index >= 15 is 0 Å². The Morgan fingerprint density at radius 1 is 1.37 bits per heavy atom. The van der Waals surface area contributed by atoms with Crippen molar-refractivity contribution in [1.29, 1.82) is 0 Å². The fraction of sp³-hybridized carbons (Fsp3) is 0.188. The highest BCUT2D eigenvalue weighted by Gasteiger charge is 2.07. The molecule has 0 aliphatic rings. The quantitative estimate of drug-likeness (QED) is 0.850. The normalized spacial score (nSPS) is 12.5. The Morgan fingerprint density at radius 3 is 2.89 bits per heavy atom. The second-order valence-electron chi connectivity index (χ2n) is 4.53. The van der Waals surface area contributed by atoms with Crippen LogP contribution in [0.2, 0.25) is 0 Å². The maximum absolute atomic E-state index is 11.8. The minimum absolute atomic E-state index is 0.0126. The van der Waals surface area contributed by atoms with Crippen LogP contribution in [0.3, 0.4) is 0 Å². The fourth-order valence-electron chi connectivity index (χ4n) is 1.83. The smallest absolute Gasteiger partial charge is 0.244 e. The molecule has 98 valence electrons. The molecule has 0 bridgehead atoms. The molecule has 1 aromatic heterocycles. The van der Waals surface area contributed by atoms with Gasteiger partial charge < -0.3 is 9.73 Å². The molecule has 3 nitrogen and oxygen atoms in total. The van der Waals surface area contributed by atoms with Crippen molar-refractivity contribution in [3.8, 4) is 0 Å². The van der Waals surface area contributed by atoms with Crippen molar-refractivity contribution >= 4 is 12.0 Å². The summed E-state index contributed by atoms with van der Waals surface area (Å²) in [5, 5.41) is 2.93. The number of amides is 1. The number of benzene rings is 1. The van der Waals surface area contributed by atoms with Crippen molar-refractivity contribution in [2.24, 2.45) is 0 Å². The molecular formula is C16H17NO2. The lowest BCUT2D eigenvalue weighted by molar-refractivity contribution is -0.117. The molecule has 1 heterocycles. The topological polar surface area (TPSA) is 42.2 Å². The summed E-state index contributed by atoms with van der Waals surface area (Å²) in [5.41, 5.74) is 3.16. The number of carbonyl (C=O) groups is 1. The van der Waals surface area contributed by atoms with E-state index in [0.717, 1.165) is 11.1 Å². The summed E-state index contributed by atoms with van der Waals surface area (Å²) in [6.07, 6.45) is 6.40. The molecule has 1 N–H and O–H groups in total. The predicted octanol–water partition coefficient (Wildman–Crippen LogP) is 3.48. The SMILES string of the molecule is Cc1cccc(C(C)NC(=O)/C=C/c2ccoc2)c1. The van der Waals surface area contributed by atoms with Crippen LogP contribution in [-0.2, 0) is 4.79 Å². The predicted molar refractivity (Wildman–Crippen MR) is 75.5 cm³/mol. The third-order valence-corrected chi connectivity index (χ3v) is 2.87. The van der Waals surface area contributed by atoms with Gasteiger partial charge in [-0.15, -0.1) is 0 Å². The molecule has 1 unspecified atom stereocenters. The number of hydrogen-bond donors (Lipinski definition) is 1. The maximum Gasteiger partial charge on any atom is 0.244 e. The second kappa shape index (κ2) is 6.05. The van der Waals surface area contributed by atoms with Gasteiger partial charge in [0.2, 0.25) is 5.91 Å². The molecule has 0 fully saturated rings. The van der Waals surface area contributed by atoms with Gasteiger partial charge in [-0.2, -0.15) is 0 Å². The summed E-state index contributed by atoms with van der Waals surface area (Å²) in [6.45, 7) is 4.01. The molecule has 0 radical (unpaired) electrons. The Kier molecular flexibility index (Phi) is 4.18. The standard InChI is InChI=1S/C16H17NO2/c1-12-4-3-5-15(10-12)13(2)17-16(18)7-6-14-8-9-19-11-14/h3-11,13H,1-2H3,(H,17,18)/b7-6+. The van der Waals surface area contributed by atoms with Gasteiger partial charge in [-0.1, -0.05) is 29.8 Å². The molecular weight excluding hydrogens is 238 g/mol. The number of rotatable bonds is 4. The molecule has 2 rings (SSSR count). The Hall–Kier alpha value is -2.29. The van der Waals surface area contributed by atoms with Gasteiger partial charge in [-0.3, -0.25) is 4.79 Å². The number of aryl methyl sites for hydroxylation is 1. The van der Waals surface area contributed by atoms with Crippen molar-refractivity contribution < 1.29 is 9.21 Å². The van der Waals surface area contributed by atoms with Crippen molar-refractivity contribution in [2.75, 3.05) is 0 Å². The molecule has 0 saturated carbocycles. The third-order valence-electron chi connectivity index (χ3n) is 2.87. The number of furan rings is 1. The van der Waals surface area contributed by atoms with E-state index in [9.17, 15) is 4.79 Å². The van der Waals surface area contributed by atoms with E-state index in [2.05, 4.69) is 11.4 Å².